The van der Waals surface area contributed by atoms with Gasteiger partial charge in [-0.25, -0.2) is 0 Å². The molecule has 0 aliphatic carbocycles. The Morgan fingerprint density at radius 1 is 1.17 bits per heavy atom. The summed E-state index contributed by atoms with van der Waals surface area (Å²) in [4.78, 5) is 12.2. The summed E-state index contributed by atoms with van der Waals surface area (Å²) in [5.41, 5.74) is 7.79. The molecule has 0 radical (unpaired) electrons. The van der Waals surface area contributed by atoms with Crippen LogP contribution in [-0.2, 0) is 6.54 Å². The van der Waals surface area contributed by atoms with Crippen molar-refractivity contribution in [3.63, 3.8) is 0 Å². The first-order valence-corrected chi connectivity index (χ1v) is 5.73. The lowest BCUT2D eigenvalue weighted by molar-refractivity contribution is 0.414. The summed E-state index contributed by atoms with van der Waals surface area (Å²) in [6.07, 6.45) is 0. The van der Waals surface area contributed by atoms with Crippen molar-refractivity contribution in [3.8, 4) is 11.4 Å². The van der Waals surface area contributed by atoms with Gasteiger partial charge < -0.3 is 10.5 Å². The summed E-state index contributed by atoms with van der Waals surface area (Å²) in [5.74, 6) is 0.763. The van der Waals surface area contributed by atoms with E-state index in [-0.39, 0.29) is 12.1 Å². The van der Waals surface area contributed by atoms with Crippen LogP contribution in [0.25, 0.3) is 5.69 Å². The molecule has 0 aliphatic heterocycles. The Labute approximate surface area is 106 Å². The van der Waals surface area contributed by atoms with Gasteiger partial charge in [0.2, 0.25) is 0 Å². The monoisotopic (exact) mass is 244 g/mol. The zero-order valence-corrected chi connectivity index (χ0v) is 10.5. The third-order valence-electron chi connectivity index (χ3n) is 2.91. The van der Waals surface area contributed by atoms with Crippen LogP contribution < -0.4 is 16.0 Å². The zero-order chi connectivity index (χ0) is 13.1. The van der Waals surface area contributed by atoms with Gasteiger partial charge in [0.15, 0.2) is 0 Å². The number of nitrogens with two attached hydrogens (primary N) is 1. The first-order valence-electron chi connectivity index (χ1n) is 5.73. The first-order chi connectivity index (χ1) is 8.67. The smallest absolute Gasteiger partial charge is 0.259 e. The van der Waals surface area contributed by atoms with E-state index in [1.54, 1.807) is 17.7 Å². The molecule has 1 aromatic heterocycles. The van der Waals surface area contributed by atoms with Crippen molar-refractivity contribution in [1.29, 1.82) is 0 Å². The quantitative estimate of drug-likeness (QED) is 0.892. The highest BCUT2D eigenvalue weighted by Crippen LogP contribution is 2.15. The number of rotatable bonds is 3. The summed E-state index contributed by atoms with van der Waals surface area (Å²) < 4.78 is 6.76. The summed E-state index contributed by atoms with van der Waals surface area (Å²) in [6.45, 7) is 2.14. The van der Waals surface area contributed by atoms with E-state index < -0.39 is 0 Å². The minimum Gasteiger partial charge on any atom is -0.497 e. The lowest BCUT2D eigenvalue weighted by Gasteiger charge is -2.12. The lowest BCUT2D eigenvalue weighted by Crippen LogP contribution is -2.25. The molecule has 2 rings (SSSR count). The predicted octanol–water partition coefficient (Wildman–Crippen LogP) is 1.61. The van der Waals surface area contributed by atoms with E-state index in [0.29, 0.717) is 5.56 Å². The molecule has 0 bridgehead atoms. The van der Waals surface area contributed by atoms with Gasteiger partial charge in [0.25, 0.3) is 5.56 Å². The summed E-state index contributed by atoms with van der Waals surface area (Å²) >= 11 is 0. The van der Waals surface area contributed by atoms with Crippen LogP contribution >= 0.6 is 0 Å². The minimum absolute atomic E-state index is 0.0670. The second kappa shape index (κ2) is 5.06. The van der Waals surface area contributed by atoms with Gasteiger partial charge >= 0.3 is 0 Å². The van der Waals surface area contributed by atoms with Crippen LogP contribution in [0, 0.1) is 6.92 Å². The van der Waals surface area contributed by atoms with Crippen LogP contribution in [0.3, 0.4) is 0 Å². The molecule has 2 N–H and O–H groups in total. The van der Waals surface area contributed by atoms with E-state index in [9.17, 15) is 4.79 Å². The zero-order valence-electron chi connectivity index (χ0n) is 10.5. The molecule has 0 unspecified atom stereocenters. The van der Waals surface area contributed by atoms with E-state index in [0.717, 1.165) is 17.1 Å². The Balaban J connectivity index is 2.59. The number of methoxy groups -OCH3 is 1. The van der Waals surface area contributed by atoms with Crippen molar-refractivity contribution in [2.45, 2.75) is 13.5 Å². The standard InChI is InChI=1S/C14H16N2O2/c1-10-3-4-11(9-15)14(17)16(10)12-5-7-13(18-2)8-6-12/h3-8H,9,15H2,1-2H3. The number of pyridine rings is 1. The average Bonchev–Trinajstić information content (AvgIpc) is 2.40. The van der Waals surface area contributed by atoms with Crippen LogP contribution in [0.5, 0.6) is 5.75 Å². The van der Waals surface area contributed by atoms with Crippen molar-refractivity contribution in [2.75, 3.05) is 7.11 Å². The van der Waals surface area contributed by atoms with Gasteiger partial charge in [0.1, 0.15) is 5.75 Å². The van der Waals surface area contributed by atoms with Gasteiger partial charge in [0, 0.05) is 23.5 Å². The van der Waals surface area contributed by atoms with Crippen molar-refractivity contribution in [3.05, 3.63) is 58.0 Å². The maximum Gasteiger partial charge on any atom is 0.259 e. The molecule has 18 heavy (non-hydrogen) atoms. The van der Waals surface area contributed by atoms with Crippen LogP contribution in [0.4, 0.5) is 0 Å². The molecule has 0 atom stereocenters. The first kappa shape index (κ1) is 12.4. The highest BCUT2D eigenvalue weighted by Gasteiger charge is 2.07. The van der Waals surface area contributed by atoms with Gasteiger partial charge in [0.05, 0.1) is 7.11 Å². The molecule has 2 aromatic rings. The molecule has 1 aromatic carbocycles. The summed E-state index contributed by atoms with van der Waals surface area (Å²) in [7, 11) is 1.61. The van der Waals surface area contributed by atoms with Crippen molar-refractivity contribution >= 4 is 0 Å². The number of ether oxygens (including phenoxy) is 1. The Kier molecular flexibility index (Phi) is 3.48. The SMILES string of the molecule is COc1ccc(-n2c(C)ccc(CN)c2=O)cc1. The van der Waals surface area contributed by atoms with Crippen LogP contribution in [0.15, 0.2) is 41.2 Å². The van der Waals surface area contributed by atoms with Gasteiger partial charge in [-0.3, -0.25) is 9.36 Å². The topological polar surface area (TPSA) is 57.2 Å². The summed E-state index contributed by atoms with van der Waals surface area (Å²) in [5, 5.41) is 0. The highest BCUT2D eigenvalue weighted by molar-refractivity contribution is 5.39. The van der Waals surface area contributed by atoms with E-state index in [1.807, 2.05) is 37.3 Å². The maximum atomic E-state index is 12.2. The molecule has 4 heteroatoms. The number of hydrogen-bond donors (Lipinski definition) is 1. The number of aromatic nitrogens is 1. The second-order valence-corrected chi connectivity index (χ2v) is 4.04. The van der Waals surface area contributed by atoms with Crippen LogP contribution in [0.2, 0.25) is 0 Å². The molecule has 0 amide bonds. The second-order valence-electron chi connectivity index (χ2n) is 4.04. The number of nitrogens with zero attached hydrogens (tertiary/aromatic N) is 1. The third kappa shape index (κ3) is 2.15. The van der Waals surface area contributed by atoms with E-state index >= 15 is 0 Å². The Morgan fingerprint density at radius 2 is 1.83 bits per heavy atom. The fourth-order valence-corrected chi connectivity index (χ4v) is 1.88. The van der Waals surface area contributed by atoms with Gasteiger partial charge in [-0.1, -0.05) is 6.07 Å². The van der Waals surface area contributed by atoms with E-state index in [2.05, 4.69) is 0 Å². The van der Waals surface area contributed by atoms with Crippen molar-refractivity contribution < 1.29 is 4.74 Å². The molecule has 94 valence electrons. The van der Waals surface area contributed by atoms with Crippen molar-refractivity contribution in [1.82, 2.24) is 4.57 Å². The number of benzene rings is 1. The minimum atomic E-state index is -0.0670. The molecule has 4 nitrogen and oxygen atoms in total. The van der Waals surface area contributed by atoms with Gasteiger partial charge in [-0.15, -0.1) is 0 Å². The van der Waals surface area contributed by atoms with Crippen molar-refractivity contribution in [2.24, 2.45) is 5.73 Å². The average molecular weight is 244 g/mol. The molecule has 1 heterocycles. The fraction of sp³-hybridized carbons (Fsp3) is 0.214. The molecule has 0 aliphatic rings. The Bertz CT molecular complexity index is 600. The van der Waals surface area contributed by atoms with Crippen LogP contribution in [0.1, 0.15) is 11.3 Å². The maximum absolute atomic E-state index is 12.2. The molecule has 0 fully saturated rings. The summed E-state index contributed by atoms with van der Waals surface area (Å²) in [6, 6.07) is 11.0. The van der Waals surface area contributed by atoms with Gasteiger partial charge in [-0.2, -0.15) is 0 Å². The fourth-order valence-electron chi connectivity index (χ4n) is 1.88. The normalized spacial score (nSPS) is 10.4. The predicted molar refractivity (Wildman–Crippen MR) is 71.2 cm³/mol. The molecular formula is C14H16N2O2. The molecule has 0 saturated carbocycles. The highest BCUT2D eigenvalue weighted by atomic mass is 16.5. The van der Waals surface area contributed by atoms with Crippen LogP contribution in [-0.4, -0.2) is 11.7 Å². The third-order valence-corrected chi connectivity index (χ3v) is 2.91. The number of aryl methyl sites for hydroxylation is 1. The lowest BCUT2D eigenvalue weighted by atomic mass is 10.2. The Hall–Kier alpha value is -2.07. The van der Waals surface area contributed by atoms with Gasteiger partial charge in [-0.05, 0) is 37.3 Å². The molecule has 0 spiro atoms. The molecule has 0 saturated heterocycles. The number of hydrogen-bond acceptors (Lipinski definition) is 3. The Morgan fingerprint density at radius 3 is 2.39 bits per heavy atom. The largest absolute Gasteiger partial charge is 0.497 e. The van der Waals surface area contributed by atoms with E-state index in [1.165, 1.54) is 0 Å². The van der Waals surface area contributed by atoms with E-state index in [4.69, 9.17) is 10.5 Å². The molecular weight excluding hydrogens is 228 g/mol.